The molecule has 0 unspecified atom stereocenters. The largest absolute Gasteiger partial charge is 0.334 e. The van der Waals surface area contributed by atoms with Gasteiger partial charge in [-0.2, -0.15) is 16.3 Å². The molecule has 0 aliphatic carbocycles. The number of nitrogens with one attached hydrogen (secondary N) is 1. The zero-order valence-electron chi connectivity index (χ0n) is 12.4. The molecule has 0 radical (unpaired) electrons. The third kappa shape index (κ3) is 3.90. The molecule has 0 spiro atoms. The van der Waals surface area contributed by atoms with Gasteiger partial charge in [0.25, 0.3) is 5.89 Å². The molecule has 0 amide bonds. The molecule has 1 fully saturated rings. The molecule has 6 heteroatoms. The minimum absolute atomic E-state index is 0.634. The predicted octanol–water partition coefficient (Wildman–Crippen LogP) is 2.62. The molecule has 2 aromatic heterocycles. The van der Waals surface area contributed by atoms with Crippen molar-refractivity contribution in [1.29, 1.82) is 0 Å². The van der Waals surface area contributed by atoms with Gasteiger partial charge < -0.3 is 9.84 Å². The number of hydrogen-bond donors (Lipinski definition) is 1. The molecular formula is C15H22N4OS. The first-order valence-corrected chi connectivity index (χ1v) is 8.51. The molecule has 2 aromatic rings. The average Bonchev–Trinajstić information content (AvgIpc) is 3.17. The van der Waals surface area contributed by atoms with Gasteiger partial charge in [0.2, 0.25) is 0 Å². The van der Waals surface area contributed by atoms with Crippen molar-refractivity contribution >= 4 is 11.3 Å². The summed E-state index contributed by atoms with van der Waals surface area (Å²) in [5, 5.41) is 11.4. The summed E-state index contributed by atoms with van der Waals surface area (Å²) >= 11 is 1.64. The van der Waals surface area contributed by atoms with Gasteiger partial charge in [0, 0.05) is 5.38 Å². The van der Waals surface area contributed by atoms with Crippen molar-refractivity contribution < 1.29 is 4.52 Å². The topological polar surface area (TPSA) is 54.2 Å². The smallest absolute Gasteiger partial charge is 0.258 e. The van der Waals surface area contributed by atoms with Crippen LogP contribution in [0, 0.1) is 5.92 Å². The van der Waals surface area contributed by atoms with Crippen LogP contribution in [0.3, 0.4) is 0 Å². The van der Waals surface area contributed by atoms with Gasteiger partial charge in [-0.05, 0) is 63.3 Å². The highest BCUT2D eigenvalue weighted by Crippen LogP contribution is 2.23. The van der Waals surface area contributed by atoms with Crippen LogP contribution in [0.1, 0.15) is 25.1 Å². The summed E-state index contributed by atoms with van der Waals surface area (Å²) in [5.41, 5.74) is 1.02. The van der Waals surface area contributed by atoms with Crippen LogP contribution in [-0.4, -0.2) is 41.7 Å². The fourth-order valence-electron chi connectivity index (χ4n) is 2.80. The van der Waals surface area contributed by atoms with Crippen molar-refractivity contribution in [2.24, 2.45) is 5.92 Å². The first kappa shape index (κ1) is 14.7. The lowest BCUT2D eigenvalue weighted by atomic mass is 9.93. The summed E-state index contributed by atoms with van der Waals surface area (Å²) in [6.45, 7) is 4.19. The van der Waals surface area contributed by atoms with Crippen LogP contribution < -0.4 is 5.32 Å². The molecule has 1 aliphatic rings. The Morgan fingerprint density at radius 3 is 3.00 bits per heavy atom. The van der Waals surface area contributed by atoms with Crippen LogP contribution in [0.2, 0.25) is 0 Å². The van der Waals surface area contributed by atoms with Gasteiger partial charge in [-0.3, -0.25) is 4.90 Å². The summed E-state index contributed by atoms with van der Waals surface area (Å²) in [4.78, 5) is 6.92. The molecule has 1 saturated heterocycles. The summed E-state index contributed by atoms with van der Waals surface area (Å²) in [7, 11) is 2.02. The lowest BCUT2D eigenvalue weighted by Gasteiger charge is -2.31. The molecule has 1 aliphatic heterocycles. The van der Waals surface area contributed by atoms with Crippen molar-refractivity contribution in [2.45, 2.75) is 25.8 Å². The Morgan fingerprint density at radius 2 is 2.29 bits per heavy atom. The maximum absolute atomic E-state index is 5.34. The maximum atomic E-state index is 5.34. The number of rotatable bonds is 6. The molecule has 5 nitrogen and oxygen atoms in total. The summed E-state index contributed by atoms with van der Waals surface area (Å²) in [5.74, 6) is 2.29. The average molecular weight is 306 g/mol. The first-order chi connectivity index (χ1) is 10.3. The monoisotopic (exact) mass is 306 g/mol. The second-order valence-electron chi connectivity index (χ2n) is 5.64. The molecule has 3 heterocycles. The van der Waals surface area contributed by atoms with Crippen LogP contribution in [0.4, 0.5) is 0 Å². The van der Waals surface area contributed by atoms with Crippen molar-refractivity contribution in [3.63, 3.8) is 0 Å². The first-order valence-electron chi connectivity index (χ1n) is 7.57. The highest BCUT2D eigenvalue weighted by atomic mass is 32.1. The Morgan fingerprint density at radius 1 is 1.43 bits per heavy atom. The second kappa shape index (κ2) is 7.15. The molecule has 0 atom stereocenters. The highest BCUT2D eigenvalue weighted by molar-refractivity contribution is 7.08. The van der Waals surface area contributed by atoms with Gasteiger partial charge in [-0.25, -0.2) is 0 Å². The van der Waals surface area contributed by atoms with E-state index in [1.807, 2.05) is 23.9 Å². The van der Waals surface area contributed by atoms with Crippen molar-refractivity contribution in [3.8, 4) is 11.5 Å². The van der Waals surface area contributed by atoms with E-state index in [0.29, 0.717) is 5.89 Å². The Kier molecular flexibility index (Phi) is 5.00. The zero-order chi connectivity index (χ0) is 14.5. The minimum atomic E-state index is 0.634. The highest BCUT2D eigenvalue weighted by Gasteiger charge is 2.20. The van der Waals surface area contributed by atoms with Crippen molar-refractivity contribution in [3.05, 3.63) is 22.7 Å². The zero-order valence-corrected chi connectivity index (χ0v) is 13.2. The van der Waals surface area contributed by atoms with Gasteiger partial charge in [-0.1, -0.05) is 5.16 Å². The van der Waals surface area contributed by atoms with E-state index in [1.165, 1.54) is 19.3 Å². The summed E-state index contributed by atoms with van der Waals surface area (Å²) in [6, 6.07) is 2.01. The van der Waals surface area contributed by atoms with Crippen LogP contribution in [0.5, 0.6) is 0 Å². The van der Waals surface area contributed by atoms with E-state index in [-0.39, 0.29) is 0 Å². The third-order valence-electron chi connectivity index (χ3n) is 4.11. The van der Waals surface area contributed by atoms with Gasteiger partial charge in [0.05, 0.1) is 12.1 Å². The summed E-state index contributed by atoms with van der Waals surface area (Å²) in [6.07, 6.45) is 3.84. The quantitative estimate of drug-likeness (QED) is 0.889. The second-order valence-corrected chi connectivity index (χ2v) is 6.42. The van der Waals surface area contributed by atoms with Gasteiger partial charge in [0.15, 0.2) is 5.82 Å². The van der Waals surface area contributed by atoms with Gasteiger partial charge in [0.1, 0.15) is 0 Å². The fourth-order valence-corrected chi connectivity index (χ4v) is 3.43. The number of hydrogen-bond acceptors (Lipinski definition) is 6. The molecular weight excluding hydrogens is 284 g/mol. The van der Waals surface area contributed by atoms with E-state index in [1.54, 1.807) is 11.3 Å². The molecule has 0 bridgehead atoms. The number of likely N-dealkylation sites (tertiary alicyclic amines) is 1. The van der Waals surface area contributed by atoms with Crippen LogP contribution >= 0.6 is 11.3 Å². The van der Waals surface area contributed by atoms with E-state index in [0.717, 1.165) is 43.5 Å². The third-order valence-corrected chi connectivity index (χ3v) is 4.79. The van der Waals surface area contributed by atoms with E-state index in [4.69, 9.17) is 4.52 Å². The molecule has 21 heavy (non-hydrogen) atoms. The van der Waals surface area contributed by atoms with Crippen LogP contribution in [-0.2, 0) is 6.54 Å². The Balaban J connectivity index is 1.49. The Hall–Kier alpha value is -1.24. The molecule has 114 valence electrons. The molecule has 0 saturated carbocycles. The minimum Gasteiger partial charge on any atom is -0.334 e. The number of aromatic nitrogens is 2. The standard InChI is InChI=1S/C15H22N4OS/c1-16-6-2-12-3-7-19(8-4-12)10-14-17-15(20-18-14)13-5-9-21-11-13/h5,9,11-12,16H,2-4,6-8,10H2,1H3. The van der Waals surface area contributed by atoms with E-state index in [9.17, 15) is 0 Å². The van der Waals surface area contributed by atoms with Crippen molar-refractivity contribution in [2.75, 3.05) is 26.7 Å². The van der Waals surface area contributed by atoms with E-state index >= 15 is 0 Å². The predicted molar refractivity (Wildman–Crippen MR) is 84.2 cm³/mol. The van der Waals surface area contributed by atoms with Gasteiger partial charge in [-0.15, -0.1) is 0 Å². The normalized spacial score (nSPS) is 17.4. The lowest BCUT2D eigenvalue weighted by molar-refractivity contribution is 0.167. The van der Waals surface area contributed by atoms with Gasteiger partial charge >= 0.3 is 0 Å². The summed E-state index contributed by atoms with van der Waals surface area (Å²) < 4.78 is 5.34. The van der Waals surface area contributed by atoms with Crippen LogP contribution in [0.25, 0.3) is 11.5 Å². The molecule has 3 rings (SSSR count). The number of nitrogens with zero attached hydrogens (tertiary/aromatic N) is 3. The van der Waals surface area contributed by atoms with Crippen molar-refractivity contribution in [1.82, 2.24) is 20.4 Å². The lowest BCUT2D eigenvalue weighted by Crippen LogP contribution is -2.34. The number of piperidine rings is 1. The van der Waals surface area contributed by atoms with Crippen LogP contribution in [0.15, 0.2) is 21.3 Å². The molecule has 0 aromatic carbocycles. The Bertz CT molecular complexity index is 532. The fraction of sp³-hybridized carbons (Fsp3) is 0.600. The van der Waals surface area contributed by atoms with E-state index < -0.39 is 0 Å². The SMILES string of the molecule is CNCCC1CCN(Cc2noc(-c3ccsc3)n2)CC1. The Labute approximate surface area is 129 Å². The number of thiophene rings is 1. The maximum Gasteiger partial charge on any atom is 0.258 e. The molecule has 1 N–H and O–H groups in total. The van der Waals surface area contributed by atoms with E-state index in [2.05, 4.69) is 20.4 Å².